The van der Waals surface area contributed by atoms with Crippen LogP contribution in [0.1, 0.15) is 52.3 Å². The van der Waals surface area contributed by atoms with Crippen molar-refractivity contribution in [3.63, 3.8) is 0 Å². The van der Waals surface area contributed by atoms with Crippen molar-refractivity contribution in [3.8, 4) is 5.75 Å². The molecule has 154 valence electrons. The zero-order valence-corrected chi connectivity index (χ0v) is 17.8. The molecule has 30 heavy (non-hydrogen) atoms. The Bertz CT molecular complexity index is 1030. The molecule has 3 nitrogen and oxygen atoms in total. The monoisotopic (exact) mass is 399 g/mol. The highest BCUT2D eigenvalue weighted by Crippen LogP contribution is 2.27. The molecule has 3 aromatic rings. The minimum atomic E-state index is -0.202. The number of ether oxygens (including phenoxy) is 1. The topological polar surface area (TPSA) is 38.3 Å². The van der Waals surface area contributed by atoms with Gasteiger partial charge >= 0.3 is 0 Å². The maximum absolute atomic E-state index is 12.8. The van der Waals surface area contributed by atoms with Crippen molar-refractivity contribution >= 4 is 5.91 Å². The van der Waals surface area contributed by atoms with E-state index in [1.165, 1.54) is 35.1 Å². The first-order valence-corrected chi connectivity index (χ1v) is 10.8. The highest BCUT2D eigenvalue weighted by Gasteiger charge is 2.19. The summed E-state index contributed by atoms with van der Waals surface area (Å²) in [5.74, 6) is 0.648. The van der Waals surface area contributed by atoms with E-state index in [-0.39, 0.29) is 18.6 Å². The number of carbonyl (C=O) groups excluding carboxylic acids is 1. The Balaban J connectivity index is 1.48. The van der Waals surface area contributed by atoms with E-state index in [9.17, 15) is 4.79 Å². The predicted molar refractivity (Wildman–Crippen MR) is 121 cm³/mol. The fourth-order valence-electron chi connectivity index (χ4n) is 4.29. The Morgan fingerprint density at radius 3 is 2.47 bits per heavy atom. The Morgan fingerprint density at radius 1 is 0.933 bits per heavy atom. The van der Waals surface area contributed by atoms with Crippen LogP contribution in [0, 0.1) is 13.8 Å². The van der Waals surface area contributed by atoms with Crippen LogP contribution in [0.3, 0.4) is 0 Å². The Morgan fingerprint density at radius 2 is 1.70 bits per heavy atom. The lowest BCUT2D eigenvalue weighted by Gasteiger charge is -2.22. The summed E-state index contributed by atoms with van der Waals surface area (Å²) in [6.45, 7) is 4.18. The predicted octanol–water partition coefficient (Wildman–Crippen LogP) is 5.47. The van der Waals surface area contributed by atoms with Crippen molar-refractivity contribution in [1.29, 1.82) is 0 Å². The van der Waals surface area contributed by atoms with Crippen molar-refractivity contribution in [3.05, 3.63) is 100 Å². The minimum Gasteiger partial charge on any atom is -0.484 e. The molecule has 4 rings (SSSR count). The second kappa shape index (κ2) is 9.17. The van der Waals surface area contributed by atoms with Gasteiger partial charge in [0.25, 0.3) is 5.91 Å². The third-order valence-corrected chi connectivity index (χ3v) is 5.86. The number of nitrogens with one attached hydrogen (secondary N) is 1. The summed E-state index contributed by atoms with van der Waals surface area (Å²) in [5, 5.41) is 3.18. The van der Waals surface area contributed by atoms with Gasteiger partial charge in [0.1, 0.15) is 5.75 Å². The second-order valence-corrected chi connectivity index (χ2v) is 8.20. The Hall–Kier alpha value is -3.07. The zero-order chi connectivity index (χ0) is 20.9. The molecule has 0 saturated carbocycles. The van der Waals surface area contributed by atoms with Crippen LogP contribution in [0.25, 0.3) is 0 Å². The summed E-state index contributed by atoms with van der Waals surface area (Å²) < 4.78 is 5.84. The molecule has 1 aliphatic carbocycles. The van der Waals surface area contributed by atoms with Gasteiger partial charge in [-0.25, -0.2) is 0 Å². The van der Waals surface area contributed by atoms with Gasteiger partial charge in [-0.3, -0.25) is 4.79 Å². The van der Waals surface area contributed by atoms with Gasteiger partial charge in [-0.1, -0.05) is 60.2 Å². The summed E-state index contributed by atoms with van der Waals surface area (Å²) in [6.07, 6.45) is 4.73. The van der Waals surface area contributed by atoms with E-state index in [1.807, 2.05) is 24.3 Å². The standard InChI is InChI=1S/C27H29NO2/c1-19-12-15-25(20(2)16-19)27(22-9-4-3-5-10-22)28-26(29)18-30-24-14-13-21-8-6-7-11-23(21)17-24/h3-5,9-10,12-17,27H,6-8,11,18H2,1-2H3,(H,28,29)/t27-/m1/s1. The maximum atomic E-state index is 12.8. The molecular weight excluding hydrogens is 370 g/mol. The summed E-state index contributed by atoms with van der Waals surface area (Å²) in [6, 6.07) is 22.5. The summed E-state index contributed by atoms with van der Waals surface area (Å²) in [5.41, 5.74) is 7.32. The van der Waals surface area contributed by atoms with Crippen molar-refractivity contribution < 1.29 is 9.53 Å². The fraction of sp³-hybridized carbons (Fsp3) is 0.296. The van der Waals surface area contributed by atoms with Crippen LogP contribution in [-0.4, -0.2) is 12.5 Å². The summed E-state index contributed by atoms with van der Waals surface area (Å²) in [4.78, 5) is 12.8. The average Bonchev–Trinajstić information content (AvgIpc) is 2.77. The van der Waals surface area contributed by atoms with Gasteiger partial charge < -0.3 is 10.1 Å². The number of benzene rings is 3. The maximum Gasteiger partial charge on any atom is 0.258 e. The largest absolute Gasteiger partial charge is 0.484 e. The molecule has 1 N–H and O–H groups in total. The first-order chi connectivity index (χ1) is 14.6. The van der Waals surface area contributed by atoms with Gasteiger partial charge in [-0.2, -0.15) is 0 Å². The lowest BCUT2D eigenvalue weighted by Crippen LogP contribution is -2.33. The smallest absolute Gasteiger partial charge is 0.258 e. The van der Waals surface area contributed by atoms with Gasteiger partial charge in [-0.15, -0.1) is 0 Å². The molecular formula is C27H29NO2. The van der Waals surface area contributed by atoms with E-state index in [0.29, 0.717) is 0 Å². The third kappa shape index (κ3) is 4.73. The molecule has 0 radical (unpaired) electrons. The quantitative estimate of drug-likeness (QED) is 0.597. The molecule has 0 aromatic heterocycles. The molecule has 0 bridgehead atoms. The van der Waals surface area contributed by atoms with E-state index in [0.717, 1.165) is 29.7 Å². The lowest BCUT2D eigenvalue weighted by molar-refractivity contribution is -0.123. The van der Waals surface area contributed by atoms with E-state index in [2.05, 4.69) is 61.6 Å². The number of hydrogen-bond acceptors (Lipinski definition) is 2. The van der Waals surface area contributed by atoms with Crippen molar-refractivity contribution in [2.45, 2.75) is 45.6 Å². The summed E-state index contributed by atoms with van der Waals surface area (Å²) in [7, 11) is 0. The molecule has 0 spiro atoms. The number of aryl methyl sites for hydroxylation is 4. The number of amides is 1. The van der Waals surface area contributed by atoms with Crippen LogP contribution in [0.4, 0.5) is 0 Å². The molecule has 3 heteroatoms. The third-order valence-electron chi connectivity index (χ3n) is 5.86. The van der Waals surface area contributed by atoms with Crippen LogP contribution < -0.4 is 10.1 Å². The molecule has 0 heterocycles. The van der Waals surface area contributed by atoms with Gasteiger partial charge in [0.15, 0.2) is 6.61 Å². The Kier molecular flexibility index (Phi) is 6.18. The number of rotatable bonds is 6. The SMILES string of the molecule is Cc1ccc([C@H](NC(=O)COc2ccc3c(c2)CCCC3)c2ccccc2)c(C)c1. The average molecular weight is 400 g/mol. The minimum absolute atomic E-state index is 0.00697. The van der Waals surface area contributed by atoms with Gasteiger partial charge in [0.05, 0.1) is 6.04 Å². The molecule has 1 aliphatic rings. The lowest BCUT2D eigenvalue weighted by atomic mass is 9.92. The number of hydrogen-bond donors (Lipinski definition) is 1. The van der Waals surface area contributed by atoms with Crippen LogP contribution in [-0.2, 0) is 17.6 Å². The molecule has 3 aromatic carbocycles. The summed E-state index contributed by atoms with van der Waals surface area (Å²) >= 11 is 0. The molecule has 0 fully saturated rings. The zero-order valence-electron chi connectivity index (χ0n) is 17.8. The van der Waals surface area contributed by atoms with Crippen molar-refractivity contribution in [2.75, 3.05) is 6.61 Å². The highest BCUT2D eigenvalue weighted by molar-refractivity contribution is 5.78. The molecule has 1 atom stereocenters. The van der Waals surface area contributed by atoms with Crippen molar-refractivity contribution in [1.82, 2.24) is 5.32 Å². The van der Waals surface area contributed by atoms with E-state index >= 15 is 0 Å². The molecule has 0 aliphatic heterocycles. The van der Waals surface area contributed by atoms with Crippen molar-refractivity contribution in [2.24, 2.45) is 0 Å². The molecule has 1 amide bonds. The molecule has 0 saturated heterocycles. The highest BCUT2D eigenvalue weighted by atomic mass is 16.5. The van der Waals surface area contributed by atoms with Crippen LogP contribution in [0.2, 0.25) is 0 Å². The van der Waals surface area contributed by atoms with E-state index in [1.54, 1.807) is 0 Å². The first kappa shape index (κ1) is 20.2. The number of fused-ring (bicyclic) bond motifs is 1. The van der Waals surface area contributed by atoms with Gasteiger partial charge in [0, 0.05) is 0 Å². The van der Waals surface area contributed by atoms with Gasteiger partial charge in [-0.05, 0) is 79.5 Å². The molecule has 0 unspecified atom stereocenters. The number of carbonyl (C=O) groups is 1. The van der Waals surface area contributed by atoms with Crippen LogP contribution in [0.15, 0.2) is 66.7 Å². The normalized spacial score (nSPS) is 13.9. The van der Waals surface area contributed by atoms with E-state index < -0.39 is 0 Å². The first-order valence-electron chi connectivity index (χ1n) is 10.8. The van der Waals surface area contributed by atoms with E-state index in [4.69, 9.17) is 4.74 Å². The Labute approximate surface area is 179 Å². The fourth-order valence-corrected chi connectivity index (χ4v) is 4.29. The van der Waals surface area contributed by atoms with Gasteiger partial charge in [0.2, 0.25) is 0 Å². The van der Waals surface area contributed by atoms with Crippen LogP contribution in [0.5, 0.6) is 5.75 Å². The van der Waals surface area contributed by atoms with Crippen LogP contribution >= 0.6 is 0 Å². The second-order valence-electron chi connectivity index (χ2n) is 8.20.